The summed E-state index contributed by atoms with van der Waals surface area (Å²) < 4.78 is 34.0. The van der Waals surface area contributed by atoms with Crippen LogP contribution in [0.4, 0.5) is 4.79 Å². The van der Waals surface area contributed by atoms with Crippen molar-refractivity contribution in [3.63, 3.8) is 0 Å². The first-order chi connectivity index (χ1) is 16.6. The van der Waals surface area contributed by atoms with Gasteiger partial charge in [0, 0.05) is 25.4 Å². The van der Waals surface area contributed by atoms with Gasteiger partial charge in [-0.3, -0.25) is 9.69 Å². The average Bonchev–Trinajstić information content (AvgIpc) is 3.23. The van der Waals surface area contributed by atoms with Crippen molar-refractivity contribution in [2.45, 2.75) is 36.4 Å². The number of sulfone groups is 1. The number of amides is 2. The second kappa shape index (κ2) is 10.2. The summed E-state index contributed by atoms with van der Waals surface area (Å²) in [5.74, 6) is -0.854. The van der Waals surface area contributed by atoms with Gasteiger partial charge in [-0.05, 0) is 36.6 Å². The van der Waals surface area contributed by atoms with Crippen LogP contribution in [0, 0.1) is 0 Å². The topological polar surface area (TPSA) is 110 Å². The Kier molecular flexibility index (Phi) is 7.32. The largest absolute Gasteiger partial charge is 0.459 e. The highest BCUT2D eigenvalue weighted by Gasteiger charge is 2.44. The van der Waals surface area contributed by atoms with Crippen LogP contribution >= 0.6 is 11.6 Å². The van der Waals surface area contributed by atoms with E-state index in [-0.39, 0.29) is 40.6 Å². The number of carbonyl (C=O) groups excluding carboxylic acids is 3. The number of ether oxygens (including phenoxy) is 2. The number of rotatable bonds is 6. The van der Waals surface area contributed by atoms with Gasteiger partial charge in [-0.2, -0.15) is 0 Å². The van der Waals surface area contributed by atoms with E-state index in [0.29, 0.717) is 25.9 Å². The normalized spacial score (nSPS) is 18.9. The molecular formula is C24H25ClN2O7S. The van der Waals surface area contributed by atoms with Crippen molar-refractivity contribution in [3.05, 3.63) is 64.7 Å². The molecule has 186 valence electrons. The molecule has 2 aromatic carbocycles. The smallest absolute Gasteiger partial charge is 0.410 e. The summed E-state index contributed by atoms with van der Waals surface area (Å²) in [7, 11) is -3.44. The summed E-state index contributed by atoms with van der Waals surface area (Å²) in [5, 5.41) is 0.0596. The number of hydrogen-bond acceptors (Lipinski definition) is 7. The second-order valence-corrected chi connectivity index (χ2v) is 11.0. The zero-order valence-electron chi connectivity index (χ0n) is 19.1. The molecule has 0 N–H and O–H groups in total. The molecule has 35 heavy (non-hydrogen) atoms. The molecule has 4 rings (SSSR count). The maximum absolute atomic E-state index is 13.0. The number of carbonyl (C=O) groups is 3. The molecule has 2 fully saturated rings. The summed E-state index contributed by atoms with van der Waals surface area (Å²) in [6.45, 7) is 0.699. The number of nitrogens with zero attached hydrogens (tertiary/aromatic N) is 2. The Balaban J connectivity index is 1.37. The Morgan fingerprint density at radius 2 is 1.80 bits per heavy atom. The lowest BCUT2D eigenvalue weighted by atomic mass is 10.0. The fraction of sp³-hybridized carbons (Fsp3) is 0.375. The molecule has 0 radical (unpaired) electrons. The van der Waals surface area contributed by atoms with E-state index in [1.165, 1.54) is 23.1 Å². The van der Waals surface area contributed by atoms with Gasteiger partial charge in [-0.15, -0.1) is 0 Å². The molecule has 2 heterocycles. The van der Waals surface area contributed by atoms with E-state index in [1.807, 2.05) is 30.3 Å². The SMILES string of the molecule is CS(=O)(=O)c1ccc(C(=O)N2CCC(N3C(=O)OC[C@H]3C(=O)OCc3ccccc3)CC2)c(Cl)c1. The van der Waals surface area contributed by atoms with Crippen LogP contribution in [0.25, 0.3) is 0 Å². The van der Waals surface area contributed by atoms with Crippen LogP contribution in [0.3, 0.4) is 0 Å². The zero-order valence-corrected chi connectivity index (χ0v) is 20.6. The molecule has 0 aromatic heterocycles. The van der Waals surface area contributed by atoms with Gasteiger partial charge in [0.1, 0.15) is 13.2 Å². The van der Waals surface area contributed by atoms with Gasteiger partial charge in [-0.1, -0.05) is 41.9 Å². The first kappa shape index (κ1) is 25.0. The Hall–Kier alpha value is -3.11. The van der Waals surface area contributed by atoms with Crippen LogP contribution in [0.1, 0.15) is 28.8 Å². The number of likely N-dealkylation sites (tertiary alicyclic amines) is 1. The highest BCUT2D eigenvalue weighted by molar-refractivity contribution is 7.90. The van der Waals surface area contributed by atoms with Crippen LogP contribution in [-0.4, -0.2) is 74.2 Å². The summed E-state index contributed by atoms with van der Waals surface area (Å²) in [6.07, 6.45) is 1.39. The number of halogens is 1. The second-order valence-electron chi connectivity index (χ2n) is 8.53. The van der Waals surface area contributed by atoms with Gasteiger partial charge >= 0.3 is 12.1 Å². The first-order valence-corrected chi connectivity index (χ1v) is 13.4. The van der Waals surface area contributed by atoms with Crippen LogP contribution in [0.15, 0.2) is 53.4 Å². The summed E-state index contributed by atoms with van der Waals surface area (Å²) >= 11 is 6.20. The number of cyclic esters (lactones) is 1. The van der Waals surface area contributed by atoms with Gasteiger partial charge in [0.25, 0.3) is 5.91 Å². The molecule has 11 heteroatoms. The van der Waals surface area contributed by atoms with Crippen LogP contribution in [0.2, 0.25) is 5.02 Å². The maximum atomic E-state index is 13.0. The fourth-order valence-corrected chi connectivity index (χ4v) is 5.23. The third kappa shape index (κ3) is 5.59. The molecular weight excluding hydrogens is 496 g/mol. The molecule has 0 aliphatic carbocycles. The summed E-state index contributed by atoms with van der Waals surface area (Å²) in [5.41, 5.74) is 1.05. The minimum Gasteiger partial charge on any atom is -0.459 e. The average molecular weight is 521 g/mol. The third-order valence-electron chi connectivity index (χ3n) is 6.15. The molecule has 0 unspecified atom stereocenters. The van der Waals surface area contributed by atoms with Gasteiger partial charge in [0.05, 0.1) is 15.5 Å². The number of piperidine rings is 1. The standard InChI is InChI=1S/C24H25ClN2O7S/c1-35(31,32)18-7-8-19(20(25)13-18)22(28)26-11-9-17(10-12-26)27-21(15-34-24(27)30)23(29)33-14-16-5-3-2-4-6-16/h2-8,13,17,21H,9-12,14-15H2,1H3/t21-/m0/s1. The first-order valence-electron chi connectivity index (χ1n) is 11.1. The Labute approximate surface area is 208 Å². The van der Waals surface area contributed by atoms with Gasteiger partial charge < -0.3 is 14.4 Å². The number of esters is 1. The third-order valence-corrected chi connectivity index (χ3v) is 7.57. The van der Waals surface area contributed by atoms with E-state index in [9.17, 15) is 22.8 Å². The highest BCUT2D eigenvalue weighted by atomic mass is 35.5. The summed E-state index contributed by atoms with van der Waals surface area (Å²) in [6, 6.07) is 12.2. The zero-order chi connectivity index (χ0) is 25.2. The number of hydrogen-bond donors (Lipinski definition) is 0. The van der Waals surface area contributed by atoms with Crippen molar-refractivity contribution in [1.82, 2.24) is 9.80 Å². The Bertz CT molecular complexity index is 1230. The minimum absolute atomic E-state index is 0.0375. The van der Waals surface area contributed by atoms with Crippen molar-refractivity contribution in [2.24, 2.45) is 0 Å². The Morgan fingerprint density at radius 1 is 1.11 bits per heavy atom. The summed E-state index contributed by atoms with van der Waals surface area (Å²) in [4.78, 5) is 41.1. The molecule has 0 saturated carbocycles. The van der Waals surface area contributed by atoms with Crippen LogP contribution in [0.5, 0.6) is 0 Å². The van der Waals surface area contributed by atoms with Gasteiger partial charge in [0.15, 0.2) is 15.9 Å². The van der Waals surface area contributed by atoms with Crippen molar-refractivity contribution < 1.29 is 32.3 Å². The predicted molar refractivity (Wildman–Crippen MR) is 127 cm³/mol. The van der Waals surface area contributed by atoms with E-state index in [2.05, 4.69) is 0 Å². The number of benzene rings is 2. The molecule has 2 aliphatic heterocycles. The molecule has 0 spiro atoms. The lowest BCUT2D eigenvalue weighted by Gasteiger charge is -2.37. The fourth-order valence-electron chi connectivity index (χ4n) is 4.26. The van der Waals surface area contributed by atoms with Crippen molar-refractivity contribution in [3.8, 4) is 0 Å². The molecule has 2 aliphatic rings. The lowest BCUT2D eigenvalue weighted by molar-refractivity contribution is -0.150. The molecule has 2 saturated heterocycles. The van der Waals surface area contributed by atoms with Crippen molar-refractivity contribution >= 4 is 39.4 Å². The molecule has 9 nitrogen and oxygen atoms in total. The van der Waals surface area contributed by atoms with Gasteiger partial charge in [0.2, 0.25) is 0 Å². The Morgan fingerprint density at radius 3 is 2.43 bits per heavy atom. The van der Waals surface area contributed by atoms with Gasteiger partial charge in [-0.25, -0.2) is 18.0 Å². The molecule has 0 bridgehead atoms. The van der Waals surface area contributed by atoms with E-state index in [1.54, 1.807) is 4.90 Å². The van der Waals surface area contributed by atoms with Crippen molar-refractivity contribution in [1.29, 1.82) is 0 Å². The van der Waals surface area contributed by atoms with Crippen LogP contribution in [-0.2, 0) is 30.7 Å². The molecule has 2 amide bonds. The molecule has 1 atom stereocenters. The van der Waals surface area contributed by atoms with E-state index >= 15 is 0 Å². The quantitative estimate of drug-likeness (QED) is 0.538. The monoisotopic (exact) mass is 520 g/mol. The minimum atomic E-state index is -3.44. The molecule has 2 aromatic rings. The van der Waals surface area contributed by atoms with E-state index < -0.39 is 27.9 Å². The maximum Gasteiger partial charge on any atom is 0.410 e. The van der Waals surface area contributed by atoms with Crippen molar-refractivity contribution in [2.75, 3.05) is 26.0 Å². The van der Waals surface area contributed by atoms with E-state index in [4.69, 9.17) is 21.1 Å². The highest BCUT2D eigenvalue weighted by Crippen LogP contribution is 2.27. The lowest BCUT2D eigenvalue weighted by Crippen LogP contribution is -2.52. The van der Waals surface area contributed by atoms with E-state index in [0.717, 1.165) is 11.8 Å². The van der Waals surface area contributed by atoms with Crippen LogP contribution < -0.4 is 0 Å². The predicted octanol–water partition coefficient (Wildman–Crippen LogP) is 2.91.